The number of nitrogens with zero attached hydrogens (tertiary/aromatic N) is 5. The summed E-state index contributed by atoms with van der Waals surface area (Å²) in [6.07, 6.45) is 2.73. The molecule has 2 rings (SSSR count). The van der Waals surface area contributed by atoms with Gasteiger partial charge < -0.3 is 4.57 Å². The molecule has 0 N–H and O–H groups in total. The fourth-order valence-electron chi connectivity index (χ4n) is 1.47. The highest BCUT2D eigenvalue weighted by molar-refractivity contribution is 7.99. The summed E-state index contributed by atoms with van der Waals surface area (Å²) in [7, 11) is 3.86. The molecule has 0 amide bonds. The van der Waals surface area contributed by atoms with Gasteiger partial charge in [0.15, 0.2) is 11.0 Å². The molecule has 0 aliphatic heterocycles. The van der Waals surface area contributed by atoms with Gasteiger partial charge in [0.25, 0.3) is 0 Å². The van der Waals surface area contributed by atoms with E-state index in [1.165, 1.54) is 0 Å². The summed E-state index contributed by atoms with van der Waals surface area (Å²) in [6, 6.07) is 1.93. The summed E-state index contributed by atoms with van der Waals surface area (Å²) in [5.41, 5.74) is 0.962. The first-order valence-electron chi connectivity index (χ1n) is 5.30. The van der Waals surface area contributed by atoms with Gasteiger partial charge in [0.2, 0.25) is 0 Å². The van der Waals surface area contributed by atoms with Crippen LogP contribution in [0, 0.1) is 0 Å². The molecule has 0 radical (unpaired) electrons. The highest BCUT2D eigenvalue weighted by Gasteiger charge is 2.13. The summed E-state index contributed by atoms with van der Waals surface area (Å²) in [5.74, 6) is 2.47. The Hall–Kier alpha value is -1.01. The number of alkyl halides is 1. The second kappa shape index (κ2) is 5.55. The maximum absolute atomic E-state index is 5.65. The normalized spacial score (nSPS) is 11.0. The van der Waals surface area contributed by atoms with Crippen molar-refractivity contribution in [1.82, 2.24) is 24.5 Å². The Bertz CT molecular complexity index is 493. The Balaban J connectivity index is 2.18. The zero-order chi connectivity index (χ0) is 12.3. The van der Waals surface area contributed by atoms with Crippen LogP contribution in [-0.2, 0) is 14.1 Å². The van der Waals surface area contributed by atoms with E-state index in [9.17, 15) is 0 Å². The minimum absolute atomic E-state index is 0.680. The van der Waals surface area contributed by atoms with Gasteiger partial charge in [-0.05, 0) is 12.5 Å². The van der Waals surface area contributed by atoms with E-state index in [0.717, 1.165) is 28.8 Å². The fraction of sp³-hybridized carbons (Fsp3) is 0.500. The van der Waals surface area contributed by atoms with Crippen molar-refractivity contribution in [1.29, 1.82) is 0 Å². The number of rotatable bonds is 5. The Kier molecular flexibility index (Phi) is 4.06. The quantitative estimate of drug-likeness (QED) is 0.474. The predicted octanol–water partition coefficient (Wildman–Crippen LogP) is 1.94. The number of halogens is 1. The van der Waals surface area contributed by atoms with Crippen molar-refractivity contribution in [3.63, 3.8) is 0 Å². The van der Waals surface area contributed by atoms with Crippen LogP contribution in [0.4, 0.5) is 0 Å². The van der Waals surface area contributed by atoms with Gasteiger partial charge in [-0.1, -0.05) is 11.8 Å². The van der Waals surface area contributed by atoms with Crippen molar-refractivity contribution >= 4 is 23.4 Å². The average molecular weight is 272 g/mol. The van der Waals surface area contributed by atoms with Crippen LogP contribution in [0.15, 0.2) is 17.4 Å². The van der Waals surface area contributed by atoms with E-state index in [1.807, 2.05) is 24.7 Å². The second-order valence-corrected chi connectivity index (χ2v) is 5.04. The molecule has 0 spiro atoms. The molecule has 0 aliphatic rings. The molecule has 0 aromatic carbocycles. The Morgan fingerprint density at radius 3 is 2.82 bits per heavy atom. The molecule has 5 nitrogen and oxygen atoms in total. The van der Waals surface area contributed by atoms with Gasteiger partial charge in [0.05, 0.1) is 0 Å². The van der Waals surface area contributed by atoms with E-state index in [4.69, 9.17) is 11.6 Å². The first kappa shape index (κ1) is 12.4. The van der Waals surface area contributed by atoms with Gasteiger partial charge in [0, 0.05) is 31.9 Å². The van der Waals surface area contributed by atoms with Crippen molar-refractivity contribution in [3.05, 3.63) is 12.3 Å². The molecule has 7 heteroatoms. The van der Waals surface area contributed by atoms with Crippen LogP contribution in [0.25, 0.3) is 11.5 Å². The minimum atomic E-state index is 0.680. The van der Waals surface area contributed by atoms with E-state index < -0.39 is 0 Å². The molecule has 0 fully saturated rings. The molecule has 0 unspecified atom stereocenters. The van der Waals surface area contributed by atoms with E-state index in [1.54, 1.807) is 22.6 Å². The van der Waals surface area contributed by atoms with E-state index in [-0.39, 0.29) is 0 Å². The number of aryl methyl sites for hydroxylation is 1. The third-order valence-corrected chi connectivity index (χ3v) is 3.77. The number of hydrogen-bond donors (Lipinski definition) is 0. The predicted molar refractivity (Wildman–Crippen MR) is 69.3 cm³/mol. The molecular formula is C10H14ClN5S. The van der Waals surface area contributed by atoms with Gasteiger partial charge in [-0.2, -0.15) is 5.10 Å². The van der Waals surface area contributed by atoms with Crippen molar-refractivity contribution in [2.75, 3.05) is 11.6 Å². The van der Waals surface area contributed by atoms with Gasteiger partial charge in [-0.25, -0.2) is 0 Å². The molecule has 2 aromatic heterocycles. The summed E-state index contributed by atoms with van der Waals surface area (Å²) in [5, 5.41) is 13.4. The van der Waals surface area contributed by atoms with E-state index >= 15 is 0 Å². The Labute approximate surface area is 109 Å². The molecule has 92 valence electrons. The summed E-state index contributed by atoms with van der Waals surface area (Å²) in [6.45, 7) is 0. The van der Waals surface area contributed by atoms with Gasteiger partial charge >= 0.3 is 0 Å². The summed E-state index contributed by atoms with van der Waals surface area (Å²) in [4.78, 5) is 0. The summed E-state index contributed by atoms with van der Waals surface area (Å²) < 4.78 is 3.77. The van der Waals surface area contributed by atoms with Crippen molar-refractivity contribution in [2.24, 2.45) is 14.1 Å². The van der Waals surface area contributed by atoms with Crippen molar-refractivity contribution < 1.29 is 0 Å². The number of hydrogen-bond acceptors (Lipinski definition) is 4. The maximum atomic E-state index is 5.65. The molecule has 2 heterocycles. The second-order valence-electron chi connectivity index (χ2n) is 3.60. The minimum Gasteiger partial charge on any atom is -0.304 e. The molecule has 2 aromatic rings. The number of thioether (sulfide) groups is 1. The smallest absolute Gasteiger partial charge is 0.191 e. The lowest BCUT2D eigenvalue weighted by Gasteiger charge is -2.03. The lowest BCUT2D eigenvalue weighted by Crippen LogP contribution is -2.00. The molecule has 0 atom stereocenters. The first-order valence-corrected chi connectivity index (χ1v) is 6.82. The average Bonchev–Trinajstić information content (AvgIpc) is 2.87. The molecule has 0 saturated carbocycles. The molecule has 17 heavy (non-hydrogen) atoms. The Morgan fingerprint density at radius 2 is 2.18 bits per heavy atom. The molecular weight excluding hydrogens is 258 g/mol. The van der Waals surface area contributed by atoms with Crippen molar-refractivity contribution in [3.8, 4) is 11.5 Å². The van der Waals surface area contributed by atoms with Crippen molar-refractivity contribution in [2.45, 2.75) is 11.6 Å². The highest BCUT2D eigenvalue weighted by atomic mass is 35.5. The summed E-state index contributed by atoms with van der Waals surface area (Å²) >= 11 is 7.32. The lowest BCUT2D eigenvalue weighted by atomic mass is 10.4. The van der Waals surface area contributed by atoms with E-state index in [2.05, 4.69) is 15.3 Å². The third kappa shape index (κ3) is 2.63. The zero-order valence-electron chi connectivity index (χ0n) is 9.80. The van der Waals surface area contributed by atoms with Crippen LogP contribution in [0.5, 0.6) is 0 Å². The monoisotopic (exact) mass is 271 g/mol. The highest BCUT2D eigenvalue weighted by Crippen LogP contribution is 2.22. The first-order chi connectivity index (χ1) is 8.24. The van der Waals surface area contributed by atoms with Crippen LogP contribution in [0.3, 0.4) is 0 Å². The maximum Gasteiger partial charge on any atom is 0.191 e. The van der Waals surface area contributed by atoms with Gasteiger partial charge in [0.1, 0.15) is 5.69 Å². The third-order valence-electron chi connectivity index (χ3n) is 2.39. The van der Waals surface area contributed by atoms with Crippen LogP contribution >= 0.6 is 23.4 Å². The lowest BCUT2D eigenvalue weighted by molar-refractivity contribution is 0.749. The van der Waals surface area contributed by atoms with E-state index in [0.29, 0.717) is 5.88 Å². The largest absolute Gasteiger partial charge is 0.304 e. The van der Waals surface area contributed by atoms with Crippen LogP contribution in [0.2, 0.25) is 0 Å². The number of aromatic nitrogens is 5. The molecule has 0 aliphatic carbocycles. The SMILES string of the molecule is Cn1nccc1-c1nnc(SCCCCl)n1C. The van der Waals surface area contributed by atoms with Gasteiger partial charge in [-0.3, -0.25) is 4.68 Å². The standard InChI is InChI=1S/C10H14ClN5S/c1-15-9(8-4-6-12-16(8)2)13-14-10(15)17-7-3-5-11/h4,6H,3,5,7H2,1-2H3. The zero-order valence-corrected chi connectivity index (χ0v) is 11.4. The Morgan fingerprint density at radius 1 is 1.35 bits per heavy atom. The van der Waals surface area contributed by atoms with Crippen LogP contribution < -0.4 is 0 Å². The molecule has 0 bridgehead atoms. The van der Waals surface area contributed by atoms with Crippen LogP contribution in [0.1, 0.15) is 6.42 Å². The topological polar surface area (TPSA) is 48.5 Å². The fourth-order valence-corrected chi connectivity index (χ4v) is 2.62. The van der Waals surface area contributed by atoms with Gasteiger partial charge in [-0.15, -0.1) is 21.8 Å². The molecule has 0 saturated heterocycles. The van der Waals surface area contributed by atoms with Crippen LogP contribution in [-0.4, -0.2) is 36.2 Å².